The normalized spacial score (nSPS) is 10.4. The fourth-order valence-corrected chi connectivity index (χ4v) is 2.85. The van der Waals surface area contributed by atoms with Crippen molar-refractivity contribution in [3.63, 3.8) is 0 Å². The molecule has 1 aromatic heterocycles. The second kappa shape index (κ2) is 6.07. The molecule has 0 unspecified atom stereocenters. The Labute approximate surface area is 116 Å². The number of rotatable bonds is 4. The molecule has 0 fully saturated rings. The van der Waals surface area contributed by atoms with Crippen molar-refractivity contribution in [2.45, 2.75) is 17.7 Å². The number of nitrogens with one attached hydrogen (secondary N) is 1. The highest BCUT2D eigenvalue weighted by Crippen LogP contribution is 2.28. The molecule has 1 N–H and O–H groups in total. The van der Waals surface area contributed by atoms with Crippen molar-refractivity contribution >= 4 is 29.2 Å². The molecule has 0 radical (unpaired) electrons. The van der Waals surface area contributed by atoms with Gasteiger partial charge in [-0.3, -0.25) is 0 Å². The first-order valence-corrected chi connectivity index (χ1v) is 6.94. The Hall–Kier alpha value is -1.26. The van der Waals surface area contributed by atoms with Gasteiger partial charge in [-0.25, -0.2) is 9.97 Å². The molecular weight excluding hydrogens is 266 g/mol. The SMILES string of the molecule is CNc1ncnc(SCc2ccccc2Cl)c1C. The second-order valence-corrected chi connectivity index (χ2v) is 5.15. The molecule has 0 spiro atoms. The molecule has 18 heavy (non-hydrogen) atoms. The molecule has 2 rings (SSSR count). The molecule has 3 nitrogen and oxygen atoms in total. The third-order valence-corrected chi connectivity index (χ3v) is 4.11. The predicted molar refractivity (Wildman–Crippen MR) is 77.3 cm³/mol. The molecule has 0 atom stereocenters. The monoisotopic (exact) mass is 279 g/mol. The zero-order chi connectivity index (χ0) is 13.0. The maximum atomic E-state index is 6.13. The van der Waals surface area contributed by atoms with Crippen molar-refractivity contribution in [3.05, 3.63) is 46.7 Å². The van der Waals surface area contributed by atoms with Gasteiger partial charge in [0.1, 0.15) is 17.2 Å². The number of benzene rings is 1. The van der Waals surface area contributed by atoms with Crippen LogP contribution in [-0.4, -0.2) is 17.0 Å². The van der Waals surface area contributed by atoms with Gasteiger partial charge in [-0.05, 0) is 18.6 Å². The lowest BCUT2D eigenvalue weighted by Crippen LogP contribution is -1.98. The van der Waals surface area contributed by atoms with Gasteiger partial charge in [-0.15, -0.1) is 11.8 Å². The number of thioether (sulfide) groups is 1. The van der Waals surface area contributed by atoms with Crippen molar-refractivity contribution < 1.29 is 0 Å². The van der Waals surface area contributed by atoms with E-state index in [1.54, 1.807) is 18.1 Å². The Balaban J connectivity index is 2.14. The van der Waals surface area contributed by atoms with E-state index >= 15 is 0 Å². The van der Waals surface area contributed by atoms with Gasteiger partial charge in [0.15, 0.2) is 0 Å². The molecule has 1 aromatic carbocycles. The number of halogens is 1. The highest BCUT2D eigenvalue weighted by molar-refractivity contribution is 7.98. The van der Waals surface area contributed by atoms with Gasteiger partial charge < -0.3 is 5.32 Å². The minimum absolute atomic E-state index is 0.797. The molecule has 0 saturated carbocycles. The summed E-state index contributed by atoms with van der Waals surface area (Å²) in [4.78, 5) is 8.47. The zero-order valence-corrected chi connectivity index (χ0v) is 11.8. The van der Waals surface area contributed by atoms with E-state index in [-0.39, 0.29) is 0 Å². The predicted octanol–water partition coefficient (Wildman–Crippen LogP) is 3.77. The first kappa shape index (κ1) is 13.2. The highest BCUT2D eigenvalue weighted by Gasteiger charge is 2.07. The molecule has 0 amide bonds. The average Bonchev–Trinajstić information content (AvgIpc) is 2.39. The summed E-state index contributed by atoms with van der Waals surface area (Å²) in [6, 6.07) is 7.87. The maximum Gasteiger partial charge on any atom is 0.133 e. The van der Waals surface area contributed by atoms with E-state index in [0.717, 1.165) is 32.7 Å². The molecule has 94 valence electrons. The van der Waals surface area contributed by atoms with E-state index in [9.17, 15) is 0 Å². The molecule has 0 saturated heterocycles. The third-order valence-electron chi connectivity index (χ3n) is 2.60. The van der Waals surface area contributed by atoms with E-state index in [4.69, 9.17) is 11.6 Å². The quantitative estimate of drug-likeness (QED) is 0.683. The summed E-state index contributed by atoms with van der Waals surface area (Å²) < 4.78 is 0. The Morgan fingerprint density at radius 3 is 2.78 bits per heavy atom. The van der Waals surface area contributed by atoms with Gasteiger partial charge in [-0.1, -0.05) is 29.8 Å². The van der Waals surface area contributed by atoms with E-state index in [0.29, 0.717) is 0 Å². The minimum atomic E-state index is 0.797. The van der Waals surface area contributed by atoms with Crippen LogP contribution in [0.1, 0.15) is 11.1 Å². The van der Waals surface area contributed by atoms with Gasteiger partial charge >= 0.3 is 0 Å². The summed E-state index contributed by atoms with van der Waals surface area (Å²) in [5.41, 5.74) is 2.19. The van der Waals surface area contributed by atoms with Crippen LogP contribution in [0.4, 0.5) is 5.82 Å². The summed E-state index contributed by atoms with van der Waals surface area (Å²) in [5, 5.41) is 4.83. The number of anilines is 1. The molecule has 0 aliphatic carbocycles. The lowest BCUT2D eigenvalue weighted by Gasteiger charge is -2.08. The summed E-state index contributed by atoms with van der Waals surface area (Å²) >= 11 is 7.80. The molecule has 0 aliphatic heterocycles. The van der Waals surface area contributed by atoms with Crippen LogP contribution in [0.15, 0.2) is 35.6 Å². The third kappa shape index (κ3) is 2.94. The highest BCUT2D eigenvalue weighted by atomic mass is 35.5. The van der Waals surface area contributed by atoms with Crippen molar-refractivity contribution in [1.29, 1.82) is 0 Å². The summed E-state index contributed by atoms with van der Waals surface area (Å²) in [6.45, 7) is 2.01. The van der Waals surface area contributed by atoms with Crippen LogP contribution in [0.3, 0.4) is 0 Å². The first-order valence-electron chi connectivity index (χ1n) is 5.58. The molecular formula is C13H14ClN3S. The van der Waals surface area contributed by atoms with Crippen molar-refractivity contribution in [2.75, 3.05) is 12.4 Å². The summed E-state index contributed by atoms with van der Waals surface area (Å²) in [5.74, 6) is 1.67. The van der Waals surface area contributed by atoms with Crippen LogP contribution in [0.25, 0.3) is 0 Å². The van der Waals surface area contributed by atoms with Crippen LogP contribution in [0.5, 0.6) is 0 Å². The molecule has 2 aromatic rings. The Morgan fingerprint density at radius 2 is 2.06 bits per heavy atom. The maximum absolute atomic E-state index is 6.13. The minimum Gasteiger partial charge on any atom is -0.373 e. The Kier molecular flexibility index (Phi) is 4.44. The summed E-state index contributed by atoms with van der Waals surface area (Å²) in [6.07, 6.45) is 1.58. The largest absolute Gasteiger partial charge is 0.373 e. The molecule has 0 bridgehead atoms. The van der Waals surface area contributed by atoms with E-state index in [1.807, 2.05) is 38.2 Å². The molecule has 0 aliphatic rings. The van der Waals surface area contributed by atoms with Crippen LogP contribution in [-0.2, 0) is 5.75 Å². The standard InChI is InChI=1S/C13H14ClN3S/c1-9-12(15-2)16-8-17-13(9)18-7-10-5-3-4-6-11(10)14/h3-6,8H,7H2,1-2H3,(H,15,16,17). The van der Waals surface area contributed by atoms with Gasteiger partial charge in [-0.2, -0.15) is 0 Å². The lowest BCUT2D eigenvalue weighted by atomic mass is 10.2. The van der Waals surface area contributed by atoms with Crippen molar-refractivity contribution in [3.8, 4) is 0 Å². The topological polar surface area (TPSA) is 37.8 Å². The second-order valence-electron chi connectivity index (χ2n) is 3.78. The van der Waals surface area contributed by atoms with Gasteiger partial charge in [0.05, 0.1) is 0 Å². The molecule has 1 heterocycles. The first-order chi connectivity index (χ1) is 8.72. The number of nitrogens with zero attached hydrogens (tertiary/aromatic N) is 2. The summed E-state index contributed by atoms with van der Waals surface area (Å²) in [7, 11) is 1.86. The van der Waals surface area contributed by atoms with Gasteiger partial charge in [0.2, 0.25) is 0 Å². The van der Waals surface area contributed by atoms with E-state index < -0.39 is 0 Å². The fourth-order valence-electron chi connectivity index (χ4n) is 1.59. The van der Waals surface area contributed by atoms with Crippen LogP contribution in [0.2, 0.25) is 5.02 Å². The van der Waals surface area contributed by atoms with Crippen LogP contribution >= 0.6 is 23.4 Å². The zero-order valence-electron chi connectivity index (χ0n) is 10.3. The Morgan fingerprint density at radius 1 is 1.28 bits per heavy atom. The number of hydrogen-bond acceptors (Lipinski definition) is 4. The lowest BCUT2D eigenvalue weighted by molar-refractivity contribution is 1.00. The van der Waals surface area contributed by atoms with Gasteiger partial charge in [0, 0.05) is 23.4 Å². The smallest absolute Gasteiger partial charge is 0.133 e. The van der Waals surface area contributed by atoms with E-state index in [2.05, 4.69) is 15.3 Å². The van der Waals surface area contributed by atoms with E-state index in [1.165, 1.54) is 0 Å². The fraction of sp³-hybridized carbons (Fsp3) is 0.231. The number of hydrogen-bond donors (Lipinski definition) is 1. The average molecular weight is 280 g/mol. The molecule has 5 heteroatoms. The van der Waals surface area contributed by atoms with Crippen LogP contribution < -0.4 is 5.32 Å². The van der Waals surface area contributed by atoms with Crippen molar-refractivity contribution in [2.24, 2.45) is 0 Å². The Bertz CT molecular complexity index is 546. The number of aromatic nitrogens is 2. The van der Waals surface area contributed by atoms with Gasteiger partial charge in [0.25, 0.3) is 0 Å². The van der Waals surface area contributed by atoms with Crippen LogP contribution in [0, 0.1) is 6.92 Å². The van der Waals surface area contributed by atoms with Crippen molar-refractivity contribution in [1.82, 2.24) is 9.97 Å².